The van der Waals surface area contributed by atoms with Gasteiger partial charge in [-0.25, -0.2) is 9.97 Å². The molecular weight excluding hydrogens is 266 g/mol. The minimum absolute atomic E-state index is 0.639. The summed E-state index contributed by atoms with van der Waals surface area (Å²) < 4.78 is 0.866. The maximum absolute atomic E-state index is 4.43. The molecule has 0 radical (unpaired) electrons. The second kappa shape index (κ2) is 3.99. The van der Waals surface area contributed by atoms with E-state index in [0.29, 0.717) is 6.04 Å². The fraction of sp³-hybridized carbons (Fsp3) is 0.667. The third-order valence-corrected chi connectivity index (χ3v) is 4.28. The van der Waals surface area contributed by atoms with E-state index in [1.165, 1.54) is 25.7 Å². The summed E-state index contributed by atoms with van der Waals surface area (Å²) in [5.74, 6) is 3.63. The summed E-state index contributed by atoms with van der Waals surface area (Å²) in [5.41, 5.74) is 0. The Morgan fingerprint density at radius 3 is 2.81 bits per heavy atom. The summed E-state index contributed by atoms with van der Waals surface area (Å²) in [6.07, 6.45) is 5.58. The number of nitrogens with zero attached hydrogens (tertiary/aromatic N) is 2. The van der Waals surface area contributed by atoms with Crippen molar-refractivity contribution in [2.45, 2.75) is 38.6 Å². The van der Waals surface area contributed by atoms with Crippen LogP contribution in [0, 0.1) is 18.8 Å². The average molecular weight is 282 g/mol. The third kappa shape index (κ3) is 1.95. The van der Waals surface area contributed by atoms with Gasteiger partial charge in [-0.15, -0.1) is 0 Å². The van der Waals surface area contributed by atoms with Gasteiger partial charge in [-0.05, 0) is 54.0 Å². The Morgan fingerprint density at radius 1 is 1.31 bits per heavy atom. The maximum atomic E-state index is 4.43. The molecule has 1 N–H and O–H groups in total. The van der Waals surface area contributed by atoms with E-state index in [-0.39, 0.29) is 0 Å². The number of hydrogen-bond donors (Lipinski definition) is 1. The quantitative estimate of drug-likeness (QED) is 0.847. The second-order valence-corrected chi connectivity index (χ2v) is 5.86. The van der Waals surface area contributed by atoms with Crippen LogP contribution < -0.4 is 5.32 Å². The van der Waals surface area contributed by atoms with Crippen molar-refractivity contribution in [1.29, 1.82) is 0 Å². The van der Waals surface area contributed by atoms with Gasteiger partial charge in [-0.3, -0.25) is 0 Å². The highest BCUT2D eigenvalue weighted by Gasteiger charge is 2.39. The van der Waals surface area contributed by atoms with Crippen molar-refractivity contribution in [3.05, 3.63) is 16.5 Å². The van der Waals surface area contributed by atoms with Crippen molar-refractivity contribution >= 4 is 21.7 Å². The largest absolute Gasteiger partial charge is 0.367 e. The number of fused-ring (bicyclic) bond motifs is 2. The molecule has 2 fully saturated rings. The van der Waals surface area contributed by atoms with Crippen LogP contribution in [-0.2, 0) is 0 Å². The molecule has 3 nitrogen and oxygen atoms in total. The van der Waals surface area contributed by atoms with Crippen molar-refractivity contribution in [2.75, 3.05) is 5.32 Å². The van der Waals surface area contributed by atoms with Crippen LogP contribution in [0.5, 0.6) is 0 Å². The Balaban J connectivity index is 1.74. The number of aromatic nitrogens is 2. The van der Waals surface area contributed by atoms with Crippen LogP contribution in [0.15, 0.2) is 10.7 Å². The van der Waals surface area contributed by atoms with E-state index < -0.39 is 0 Å². The zero-order chi connectivity index (χ0) is 11.1. The molecule has 16 heavy (non-hydrogen) atoms. The van der Waals surface area contributed by atoms with E-state index in [4.69, 9.17) is 0 Å². The highest BCUT2D eigenvalue weighted by Crippen LogP contribution is 2.45. The number of halogens is 1. The van der Waals surface area contributed by atoms with Gasteiger partial charge in [-0.2, -0.15) is 0 Å². The van der Waals surface area contributed by atoms with Gasteiger partial charge in [0.25, 0.3) is 0 Å². The molecule has 2 bridgehead atoms. The standard InChI is InChI=1S/C12H16BrN3/c1-7-14-11(13)6-12(15-7)16-10-5-8-2-3-9(10)4-8/h6,8-10H,2-5H2,1H3,(H,14,15,16). The molecule has 3 unspecified atom stereocenters. The molecule has 4 heteroatoms. The van der Waals surface area contributed by atoms with Gasteiger partial charge in [0.2, 0.25) is 0 Å². The minimum atomic E-state index is 0.639. The summed E-state index contributed by atoms with van der Waals surface area (Å²) in [4.78, 5) is 8.65. The summed E-state index contributed by atoms with van der Waals surface area (Å²) in [6, 6.07) is 2.61. The van der Waals surface area contributed by atoms with Crippen molar-refractivity contribution in [1.82, 2.24) is 9.97 Å². The summed E-state index contributed by atoms with van der Waals surface area (Å²) >= 11 is 3.41. The lowest BCUT2D eigenvalue weighted by Gasteiger charge is -2.23. The lowest BCUT2D eigenvalue weighted by molar-refractivity contribution is 0.439. The van der Waals surface area contributed by atoms with E-state index in [9.17, 15) is 0 Å². The zero-order valence-electron chi connectivity index (χ0n) is 9.41. The molecule has 3 atom stereocenters. The molecule has 0 aliphatic heterocycles. The maximum Gasteiger partial charge on any atom is 0.131 e. The van der Waals surface area contributed by atoms with Gasteiger partial charge in [0, 0.05) is 12.1 Å². The molecular formula is C12H16BrN3. The number of rotatable bonds is 2. The van der Waals surface area contributed by atoms with Gasteiger partial charge in [-0.1, -0.05) is 6.42 Å². The van der Waals surface area contributed by atoms with Crippen molar-refractivity contribution in [2.24, 2.45) is 11.8 Å². The fourth-order valence-corrected chi connectivity index (χ4v) is 3.69. The SMILES string of the molecule is Cc1nc(Br)cc(NC2CC3CCC2C3)n1. The second-order valence-electron chi connectivity index (χ2n) is 5.05. The Morgan fingerprint density at radius 2 is 2.19 bits per heavy atom. The zero-order valence-corrected chi connectivity index (χ0v) is 11.0. The van der Waals surface area contributed by atoms with Crippen molar-refractivity contribution in [3.8, 4) is 0 Å². The molecule has 2 aliphatic rings. The molecule has 1 aromatic heterocycles. The number of hydrogen-bond acceptors (Lipinski definition) is 3. The Bertz CT molecular complexity index is 387. The van der Waals surface area contributed by atoms with Gasteiger partial charge in [0.05, 0.1) is 0 Å². The minimum Gasteiger partial charge on any atom is -0.367 e. The fourth-order valence-electron chi connectivity index (χ4n) is 3.22. The lowest BCUT2D eigenvalue weighted by atomic mass is 9.95. The molecule has 3 rings (SSSR count). The third-order valence-electron chi connectivity index (χ3n) is 3.88. The smallest absolute Gasteiger partial charge is 0.131 e. The lowest BCUT2D eigenvalue weighted by Crippen LogP contribution is -2.26. The van der Waals surface area contributed by atoms with Gasteiger partial charge in [0.15, 0.2) is 0 Å². The molecule has 0 amide bonds. The molecule has 1 aromatic rings. The van der Waals surface area contributed by atoms with E-state index in [1.54, 1.807) is 0 Å². The Labute approximate surface area is 104 Å². The normalized spacial score (nSPS) is 32.0. The van der Waals surface area contributed by atoms with Gasteiger partial charge >= 0.3 is 0 Å². The van der Waals surface area contributed by atoms with Crippen molar-refractivity contribution < 1.29 is 0 Å². The molecule has 86 valence electrons. The summed E-state index contributed by atoms with van der Waals surface area (Å²) in [5, 5.41) is 3.57. The molecule has 0 saturated heterocycles. The predicted octanol–water partition coefficient (Wildman–Crippen LogP) is 3.15. The average Bonchev–Trinajstić information content (AvgIpc) is 2.77. The molecule has 0 spiro atoms. The van der Waals surface area contributed by atoms with Crippen LogP contribution in [0.3, 0.4) is 0 Å². The first-order chi connectivity index (χ1) is 7.70. The molecule has 1 heterocycles. The summed E-state index contributed by atoms with van der Waals surface area (Å²) in [6.45, 7) is 1.93. The monoisotopic (exact) mass is 281 g/mol. The van der Waals surface area contributed by atoms with Crippen LogP contribution in [0.2, 0.25) is 0 Å². The Hall–Kier alpha value is -0.640. The first-order valence-electron chi connectivity index (χ1n) is 5.98. The van der Waals surface area contributed by atoms with E-state index in [2.05, 4.69) is 31.2 Å². The predicted molar refractivity (Wildman–Crippen MR) is 67.3 cm³/mol. The van der Waals surface area contributed by atoms with E-state index in [1.807, 2.05) is 13.0 Å². The van der Waals surface area contributed by atoms with Crippen LogP contribution in [0.4, 0.5) is 5.82 Å². The van der Waals surface area contributed by atoms with Crippen LogP contribution >= 0.6 is 15.9 Å². The topological polar surface area (TPSA) is 37.8 Å². The molecule has 2 aliphatic carbocycles. The first kappa shape index (κ1) is 10.5. The van der Waals surface area contributed by atoms with E-state index in [0.717, 1.165) is 28.1 Å². The van der Waals surface area contributed by atoms with Crippen LogP contribution in [-0.4, -0.2) is 16.0 Å². The van der Waals surface area contributed by atoms with Gasteiger partial charge < -0.3 is 5.32 Å². The number of nitrogens with one attached hydrogen (secondary N) is 1. The number of anilines is 1. The molecule has 2 saturated carbocycles. The van der Waals surface area contributed by atoms with Crippen LogP contribution in [0.25, 0.3) is 0 Å². The Kier molecular flexibility index (Phi) is 2.62. The summed E-state index contributed by atoms with van der Waals surface area (Å²) in [7, 11) is 0. The van der Waals surface area contributed by atoms with Crippen LogP contribution in [0.1, 0.15) is 31.5 Å². The highest BCUT2D eigenvalue weighted by molar-refractivity contribution is 9.10. The van der Waals surface area contributed by atoms with E-state index >= 15 is 0 Å². The first-order valence-corrected chi connectivity index (χ1v) is 6.78. The van der Waals surface area contributed by atoms with Gasteiger partial charge in [0.1, 0.15) is 16.2 Å². The number of aryl methyl sites for hydroxylation is 1. The molecule has 0 aromatic carbocycles. The van der Waals surface area contributed by atoms with Crippen molar-refractivity contribution in [3.63, 3.8) is 0 Å². The highest BCUT2D eigenvalue weighted by atomic mass is 79.9.